The number of nitrogens with one attached hydrogen (secondary N) is 2. The summed E-state index contributed by atoms with van der Waals surface area (Å²) < 4.78 is 0.931. The topological polar surface area (TPSA) is 61.4 Å². The Morgan fingerprint density at radius 3 is 2.82 bits per heavy atom. The Labute approximate surface area is 138 Å². The first-order chi connectivity index (χ1) is 10.6. The van der Waals surface area contributed by atoms with Crippen LogP contribution in [0, 0.1) is 5.92 Å². The van der Waals surface area contributed by atoms with Crippen LogP contribution < -0.4 is 15.5 Å². The van der Waals surface area contributed by atoms with Crippen LogP contribution >= 0.6 is 15.9 Å². The number of halogens is 1. The maximum atomic E-state index is 12.4. The van der Waals surface area contributed by atoms with Crippen LogP contribution in [-0.2, 0) is 9.59 Å². The molecule has 2 amide bonds. The predicted octanol–water partition coefficient (Wildman–Crippen LogP) is 1.67. The molecule has 0 radical (unpaired) electrons. The molecule has 118 valence electrons. The maximum absolute atomic E-state index is 12.4. The second kappa shape index (κ2) is 6.79. The second-order valence-electron chi connectivity index (χ2n) is 5.92. The van der Waals surface area contributed by atoms with Crippen LogP contribution in [0.5, 0.6) is 0 Å². The Kier molecular flexibility index (Phi) is 4.78. The van der Waals surface area contributed by atoms with Crippen molar-refractivity contribution in [3.63, 3.8) is 0 Å². The second-order valence-corrected chi connectivity index (χ2v) is 6.83. The third-order valence-corrected chi connectivity index (χ3v) is 4.79. The van der Waals surface area contributed by atoms with Crippen molar-refractivity contribution in [2.45, 2.75) is 25.3 Å². The van der Waals surface area contributed by atoms with E-state index in [1.807, 2.05) is 24.3 Å². The number of carbonyl (C=O) groups excluding carboxylic acids is 2. The molecular formula is C16H20BrN3O2. The van der Waals surface area contributed by atoms with Gasteiger partial charge in [0.1, 0.15) is 0 Å². The summed E-state index contributed by atoms with van der Waals surface area (Å²) in [6.07, 6.45) is 2.22. The van der Waals surface area contributed by atoms with Crippen molar-refractivity contribution in [2.75, 3.05) is 24.5 Å². The molecule has 2 fully saturated rings. The summed E-state index contributed by atoms with van der Waals surface area (Å²) >= 11 is 3.42. The monoisotopic (exact) mass is 365 g/mol. The van der Waals surface area contributed by atoms with Gasteiger partial charge in [0.05, 0.1) is 5.92 Å². The van der Waals surface area contributed by atoms with Crippen molar-refractivity contribution in [1.29, 1.82) is 0 Å². The summed E-state index contributed by atoms with van der Waals surface area (Å²) in [6.45, 7) is 2.35. The van der Waals surface area contributed by atoms with Gasteiger partial charge in [0.15, 0.2) is 0 Å². The van der Waals surface area contributed by atoms with E-state index < -0.39 is 0 Å². The Balaban J connectivity index is 1.62. The number of rotatable bonds is 3. The Morgan fingerprint density at radius 1 is 1.32 bits per heavy atom. The summed E-state index contributed by atoms with van der Waals surface area (Å²) in [7, 11) is 0. The molecule has 1 unspecified atom stereocenters. The highest BCUT2D eigenvalue weighted by atomic mass is 79.9. The summed E-state index contributed by atoms with van der Waals surface area (Å²) in [4.78, 5) is 26.3. The standard InChI is InChI=1S/C16H20BrN3O2/c17-12-2-1-3-14(9-12)20-10-11(8-15(20)21)16(22)19-13-4-6-18-7-5-13/h1-3,9,11,13,18H,4-8,10H2,(H,19,22). The van der Waals surface area contributed by atoms with Gasteiger partial charge in [0.2, 0.25) is 11.8 Å². The summed E-state index contributed by atoms with van der Waals surface area (Å²) in [5.41, 5.74) is 0.844. The lowest BCUT2D eigenvalue weighted by Crippen LogP contribution is -2.45. The zero-order chi connectivity index (χ0) is 15.5. The molecule has 2 heterocycles. The molecule has 6 heteroatoms. The quantitative estimate of drug-likeness (QED) is 0.856. The minimum absolute atomic E-state index is 0.0118. The van der Waals surface area contributed by atoms with Gasteiger partial charge in [0.25, 0.3) is 0 Å². The number of hydrogen-bond acceptors (Lipinski definition) is 3. The largest absolute Gasteiger partial charge is 0.353 e. The Bertz CT molecular complexity index is 572. The van der Waals surface area contributed by atoms with Crippen LogP contribution in [0.4, 0.5) is 5.69 Å². The predicted molar refractivity (Wildman–Crippen MR) is 88.6 cm³/mol. The van der Waals surface area contributed by atoms with Gasteiger partial charge < -0.3 is 15.5 Å². The SMILES string of the molecule is O=C(NC1CCNCC1)C1CC(=O)N(c2cccc(Br)c2)C1. The minimum atomic E-state index is -0.249. The summed E-state index contributed by atoms with van der Waals surface area (Å²) in [5, 5.41) is 6.38. The van der Waals surface area contributed by atoms with Crippen LogP contribution in [0.15, 0.2) is 28.7 Å². The van der Waals surface area contributed by atoms with Gasteiger partial charge >= 0.3 is 0 Å². The number of anilines is 1. The molecule has 0 spiro atoms. The van der Waals surface area contributed by atoms with Crippen LogP contribution in [-0.4, -0.2) is 37.5 Å². The first-order valence-electron chi connectivity index (χ1n) is 7.70. The van der Waals surface area contributed by atoms with Crippen molar-refractivity contribution in [3.05, 3.63) is 28.7 Å². The highest BCUT2D eigenvalue weighted by molar-refractivity contribution is 9.10. The molecule has 3 rings (SSSR count). The van der Waals surface area contributed by atoms with E-state index >= 15 is 0 Å². The van der Waals surface area contributed by atoms with Gasteiger partial charge in [0, 0.05) is 29.2 Å². The number of piperidine rings is 1. The van der Waals surface area contributed by atoms with E-state index in [9.17, 15) is 9.59 Å². The van der Waals surface area contributed by atoms with Gasteiger partial charge in [-0.15, -0.1) is 0 Å². The summed E-state index contributed by atoms with van der Waals surface area (Å²) in [5.74, 6) is -0.220. The molecule has 2 N–H and O–H groups in total. The first-order valence-corrected chi connectivity index (χ1v) is 8.50. The molecule has 0 saturated carbocycles. The molecule has 22 heavy (non-hydrogen) atoms. The van der Waals surface area contributed by atoms with Crippen molar-refractivity contribution < 1.29 is 9.59 Å². The fraction of sp³-hybridized carbons (Fsp3) is 0.500. The number of amides is 2. The molecule has 0 bridgehead atoms. The van der Waals surface area contributed by atoms with Crippen LogP contribution in [0.1, 0.15) is 19.3 Å². The van der Waals surface area contributed by atoms with E-state index in [1.165, 1.54) is 0 Å². The lowest BCUT2D eigenvalue weighted by Gasteiger charge is -2.25. The molecule has 1 aromatic carbocycles. The fourth-order valence-corrected chi connectivity index (χ4v) is 3.45. The van der Waals surface area contributed by atoms with Crippen LogP contribution in [0.25, 0.3) is 0 Å². The van der Waals surface area contributed by atoms with E-state index in [0.717, 1.165) is 36.1 Å². The molecule has 2 saturated heterocycles. The van der Waals surface area contributed by atoms with Gasteiger partial charge in [-0.1, -0.05) is 22.0 Å². The number of hydrogen-bond donors (Lipinski definition) is 2. The Hall–Kier alpha value is -1.40. The van der Waals surface area contributed by atoms with Crippen LogP contribution in [0.3, 0.4) is 0 Å². The van der Waals surface area contributed by atoms with E-state index in [1.54, 1.807) is 4.90 Å². The normalized spacial score (nSPS) is 22.9. The molecular weight excluding hydrogens is 346 g/mol. The molecule has 0 aliphatic carbocycles. The Morgan fingerprint density at radius 2 is 2.09 bits per heavy atom. The lowest BCUT2D eigenvalue weighted by atomic mass is 10.0. The number of nitrogens with zero attached hydrogens (tertiary/aromatic N) is 1. The smallest absolute Gasteiger partial charge is 0.227 e. The zero-order valence-electron chi connectivity index (χ0n) is 12.3. The first kappa shape index (κ1) is 15.5. The zero-order valence-corrected chi connectivity index (χ0v) is 13.9. The van der Waals surface area contributed by atoms with Gasteiger partial charge in [-0.3, -0.25) is 9.59 Å². The molecule has 1 atom stereocenters. The van der Waals surface area contributed by atoms with E-state index in [-0.39, 0.29) is 23.8 Å². The van der Waals surface area contributed by atoms with Crippen molar-refractivity contribution >= 4 is 33.4 Å². The molecule has 0 aromatic heterocycles. The maximum Gasteiger partial charge on any atom is 0.227 e. The van der Waals surface area contributed by atoms with Crippen molar-refractivity contribution in [2.24, 2.45) is 5.92 Å². The highest BCUT2D eigenvalue weighted by Crippen LogP contribution is 2.27. The minimum Gasteiger partial charge on any atom is -0.353 e. The third-order valence-electron chi connectivity index (χ3n) is 4.30. The number of carbonyl (C=O) groups is 2. The van der Waals surface area contributed by atoms with Crippen LogP contribution in [0.2, 0.25) is 0 Å². The molecule has 1 aromatic rings. The fourth-order valence-electron chi connectivity index (χ4n) is 3.06. The van der Waals surface area contributed by atoms with Gasteiger partial charge in [-0.05, 0) is 44.1 Å². The van der Waals surface area contributed by atoms with Gasteiger partial charge in [-0.25, -0.2) is 0 Å². The van der Waals surface area contributed by atoms with E-state index in [4.69, 9.17) is 0 Å². The number of benzene rings is 1. The lowest BCUT2D eigenvalue weighted by molar-refractivity contribution is -0.127. The highest BCUT2D eigenvalue weighted by Gasteiger charge is 2.35. The summed E-state index contributed by atoms with van der Waals surface area (Å²) in [6, 6.07) is 7.87. The average molecular weight is 366 g/mol. The van der Waals surface area contributed by atoms with E-state index in [2.05, 4.69) is 26.6 Å². The molecule has 2 aliphatic heterocycles. The molecule has 2 aliphatic rings. The van der Waals surface area contributed by atoms with Crippen molar-refractivity contribution in [3.8, 4) is 0 Å². The van der Waals surface area contributed by atoms with Crippen molar-refractivity contribution in [1.82, 2.24) is 10.6 Å². The molecule has 5 nitrogen and oxygen atoms in total. The van der Waals surface area contributed by atoms with E-state index in [0.29, 0.717) is 13.0 Å². The van der Waals surface area contributed by atoms with Gasteiger partial charge in [-0.2, -0.15) is 0 Å². The average Bonchev–Trinajstić information content (AvgIpc) is 2.90. The third kappa shape index (κ3) is 3.50.